The number of anilines is 1. The lowest BCUT2D eigenvalue weighted by Gasteiger charge is -2.22. The van der Waals surface area contributed by atoms with Crippen LogP contribution in [0.2, 0.25) is 0 Å². The lowest BCUT2D eigenvalue weighted by Crippen LogP contribution is -2.22. The molecule has 1 heterocycles. The molecule has 0 radical (unpaired) electrons. The number of nitrogens with zero attached hydrogens (tertiary/aromatic N) is 2. The van der Waals surface area contributed by atoms with Crippen LogP contribution in [0.15, 0.2) is 24.3 Å². The Kier molecular flexibility index (Phi) is 3.18. The Balaban J connectivity index is 2.71. The summed E-state index contributed by atoms with van der Waals surface area (Å²) in [5.74, 6) is 0. The number of fused-ring (bicyclic) bond motifs is 1. The summed E-state index contributed by atoms with van der Waals surface area (Å²) in [4.78, 5) is 13.3. The summed E-state index contributed by atoms with van der Waals surface area (Å²) in [7, 11) is 1.94. The summed E-state index contributed by atoms with van der Waals surface area (Å²) in [6.07, 6.45) is 0.909. The first-order valence-corrected chi connectivity index (χ1v) is 6.01. The van der Waals surface area contributed by atoms with E-state index < -0.39 is 0 Å². The Morgan fingerprint density at radius 1 is 1.29 bits per heavy atom. The van der Waals surface area contributed by atoms with Gasteiger partial charge in [-0.25, -0.2) is 0 Å². The lowest BCUT2D eigenvalue weighted by molar-refractivity contribution is 0.111. The smallest absolute Gasteiger partial charge is 0.166 e. The second kappa shape index (κ2) is 4.62. The zero-order valence-corrected chi connectivity index (χ0v) is 10.6. The van der Waals surface area contributed by atoms with Gasteiger partial charge in [0.2, 0.25) is 0 Å². The van der Waals surface area contributed by atoms with Gasteiger partial charge >= 0.3 is 0 Å². The van der Waals surface area contributed by atoms with E-state index in [0.29, 0.717) is 0 Å². The Bertz CT molecular complexity index is 538. The van der Waals surface area contributed by atoms with E-state index in [4.69, 9.17) is 0 Å². The van der Waals surface area contributed by atoms with E-state index in [1.807, 2.05) is 23.7 Å². The van der Waals surface area contributed by atoms with Crippen molar-refractivity contribution in [2.75, 3.05) is 18.0 Å². The van der Waals surface area contributed by atoms with Crippen LogP contribution in [0.1, 0.15) is 24.3 Å². The molecule has 0 bridgehead atoms. The predicted octanol–water partition coefficient (Wildman–Crippen LogP) is 2.84. The Morgan fingerprint density at radius 2 is 2.00 bits per heavy atom. The number of hydrogen-bond acceptors (Lipinski definition) is 2. The van der Waals surface area contributed by atoms with Crippen LogP contribution >= 0.6 is 0 Å². The van der Waals surface area contributed by atoms with Gasteiger partial charge in [-0.05, 0) is 26.0 Å². The molecule has 0 saturated heterocycles. The summed E-state index contributed by atoms with van der Waals surface area (Å²) < 4.78 is 1.97. The van der Waals surface area contributed by atoms with Crippen molar-refractivity contribution < 1.29 is 4.79 Å². The third-order valence-corrected chi connectivity index (χ3v) is 3.30. The van der Waals surface area contributed by atoms with Gasteiger partial charge in [-0.3, -0.25) is 4.79 Å². The molecule has 2 aromatic rings. The lowest BCUT2D eigenvalue weighted by atomic mass is 10.2. The molecule has 0 spiro atoms. The molecule has 0 saturated carbocycles. The minimum absolute atomic E-state index is 0.722. The summed E-state index contributed by atoms with van der Waals surface area (Å²) in [6, 6.07) is 8.15. The molecular formula is C14H18N2O. The third kappa shape index (κ3) is 1.82. The SMILES string of the molecule is CCN(CC)c1cccc2cc(C=O)n(C)c12. The monoisotopic (exact) mass is 230 g/mol. The Labute approximate surface area is 102 Å². The van der Waals surface area contributed by atoms with Crippen molar-refractivity contribution in [3.63, 3.8) is 0 Å². The molecule has 0 aliphatic rings. The fourth-order valence-electron chi connectivity index (χ4n) is 2.35. The van der Waals surface area contributed by atoms with Crippen LogP contribution in [0.3, 0.4) is 0 Å². The molecule has 0 aliphatic carbocycles. The van der Waals surface area contributed by atoms with E-state index in [2.05, 4.69) is 30.9 Å². The first-order chi connectivity index (χ1) is 8.22. The normalized spacial score (nSPS) is 10.8. The predicted molar refractivity (Wildman–Crippen MR) is 71.9 cm³/mol. The highest BCUT2D eigenvalue weighted by Gasteiger charge is 2.12. The van der Waals surface area contributed by atoms with E-state index in [-0.39, 0.29) is 0 Å². The number of aldehydes is 1. The van der Waals surface area contributed by atoms with Crippen LogP contribution < -0.4 is 4.90 Å². The quantitative estimate of drug-likeness (QED) is 0.755. The molecule has 0 atom stereocenters. The van der Waals surface area contributed by atoms with Gasteiger partial charge in [0, 0.05) is 25.5 Å². The second-order valence-corrected chi connectivity index (χ2v) is 4.13. The van der Waals surface area contributed by atoms with Crippen molar-refractivity contribution in [3.05, 3.63) is 30.0 Å². The standard InChI is InChI=1S/C14H18N2O/c1-4-16(5-2)13-8-6-7-11-9-12(10-17)15(3)14(11)13/h6-10H,4-5H2,1-3H3. The molecule has 0 aliphatic heterocycles. The van der Waals surface area contributed by atoms with Gasteiger partial charge in [-0.2, -0.15) is 0 Å². The van der Waals surface area contributed by atoms with Crippen LogP contribution in [-0.2, 0) is 7.05 Å². The summed E-state index contributed by atoms with van der Waals surface area (Å²) >= 11 is 0. The molecular weight excluding hydrogens is 212 g/mol. The average molecular weight is 230 g/mol. The highest BCUT2D eigenvalue weighted by atomic mass is 16.1. The van der Waals surface area contributed by atoms with Crippen molar-refractivity contribution in [1.82, 2.24) is 4.57 Å². The maximum atomic E-state index is 11.0. The van der Waals surface area contributed by atoms with E-state index >= 15 is 0 Å². The van der Waals surface area contributed by atoms with E-state index in [9.17, 15) is 4.79 Å². The zero-order valence-electron chi connectivity index (χ0n) is 10.6. The van der Waals surface area contributed by atoms with Crippen LogP contribution in [-0.4, -0.2) is 23.9 Å². The maximum absolute atomic E-state index is 11.0. The van der Waals surface area contributed by atoms with Crippen LogP contribution in [0.25, 0.3) is 10.9 Å². The van der Waals surface area contributed by atoms with Crippen molar-refractivity contribution in [2.45, 2.75) is 13.8 Å². The molecule has 2 rings (SSSR count). The number of hydrogen-bond donors (Lipinski definition) is 0. The molecule has 0 N–H and O–H groups in total. The first kappa shape index (κ1) is 11.7. The van der Waals surface area contributed by atoms with Crippen molar-refractivity contribution in [2.24, 2.45) is 7.05 Å². The van der Waals surface area contributed by atoms with Gasteiger partial charge in [0.05, 0.1) is 16.9 Å². The second-order valence-electron chi connectivity index (χ2n) is 4.13. The van der Waals surface area contributed by atoms with Gasteiger partial charge in [0.15, 0.2) is 6.29 Å². The van der Waals surface area contributed by atoms with Gasteiger partial charge in [-0.1, -0.05) is 12.1 Å². The van der Waals surface area contributed by atoms with Gasteiger partial charge in [-0.15, -0.1) is 0 Å². The molecule has 17 heavy (non-hydrogen) atoms. The number of rotatable bonds is 4. The fraction of sp³-hybridized carbons (Fsp3) is 0.357. The minimum atomic E-state index is 0.722. The summed E-state index contributed by atoms with van der Waals surface area (Å²) in [6.45, 7) is 6.23. The van der Waals surface area contributed by atoms with E-state index in [0.717, 1.165) is 36.0 Å². The molecule has 90 valence electrons. The zero-order chi connectivity index (χ0) is 12.4. The highest BCUT2D eigenvalue weighted by molar-refractivity contribution is 5.96. The van der Waals surface area contributed by atoms with Gasteiger partial charge in [0.25, 0.3) is 0 Å². The van der Waals surface area contributed by atoms with Crippen LogP contribution in [0.5, 0.6) is 0 Å². The number of carbonyl (C=O) groups is 1. The van der Waals surface area contributed by atoms with Crippen molar-refractivity contribution >= 4 is 22.9 Å². The molecule has 0 fully saturated rings. The third-order valence-electron chi connectivity index (χ3n) is 3.30. The highest BCUT2D eigenvalue weighted by Crippen LogP contribution is 2.28. The number of benzene rings is 1. The number of aryl methyl sites for hydroxylation is 1. The number of carbonyl (C=O) groups excluding carboxylic acids is 1. The first-order valence-electron chi connectivity index (χ1n) is 6.01. The summed E-state index contributed by atoms with van der Waals surface area (Å²) in [5.41, 5.74) is 3.06. The Morgan fingerprint density at radius 3 is 2.59 bits per heavy atom. The molecule has 1 aromatic carbocycles. The number of para-hydroxylation sites is 1. The van der Waals surface area contributed by atoms with E-state index in [1.54, 1.807) is 0 Å². The average Bonchev–Trinajstić information content (AvgIpc) is 2.68. The largest absolute Gasteiger partial charge is 0.370 e. The number of aromatic nitrogens is 1. The van der Waals surface area contributed by atoms with Gasteiger partial charge < -0.3 is 9.47 Å². The molecule has 0 amide bonds. The Hall–Kier alpha value is -1.77. The maximum Gasteiger partial charge on any atom is 0.166 e. The molecule has 1 aromatic heterocycles. The van der Waals surface area contributed by atoms with Crippen LogP contribution in [0, 0.1) is 0 Å². The van der Waals surface area contributed by atoms with Crippen molar-refractivity contribution in [1.29, 1.82) is 0 Å². The summed E-state index contributed by atoms with van der Waals surface area (Å²) in [5, 5.41) is 1.12. The fourth-order valence-corrected chi connectivity index (χ4v) is 2.35. The molecule has 3 heteroatoms. The van der Waals surface area contributed by atoms with Gasteiger partial charge in [0.1, 0.15) is 0 Å². The van der Waals surface area contributed by atoms with E-state index in [1.165, 1.54) is 5.69 Å². The molecule has 0 unspecified atom stereocenters. The van der Waals surface area contributed by atoms with Crippen LogP contribution in [0.4, 0.5) is 5.69 Å². The van der Waals surface area contributed by atoms with Crippen molar-refractivity contribution in [3.8, 4) is 0 Å². The minimum Gasteiger partial charge on any atom is -0.370 e. The topological polar surface area (TPSA) is 25.2 Å². The molecule has 3 nitrogen and oxygen atoms in total.